The summed E-state index contributed by atoms with van der Waals surface area (Å²) in [5.41, 5.74) is 3.35. The van der Waals surface area contributed by atoms with Gasteiger partial charge in [-0.3, -0.25) is 4.79 Å². The molecule has 5 heteroatoms. The monoisotopic (exact) mass is 310 g/mol. The predicted molar refractivity (Wildman–Crippen MR) is 89.9 cm³/mol. The lowest BCUT2D eigenvalue weighted by molar-refractivity contribution is 0.0959. The van der Waals surface area contributed by atoms with Crippen LogP contribution in [0.2, 0.25) is 0 Å². The van der Waals surface area contributed by atoms with E-state index in [0.29, 0.717) is 10.6 Å². The van der Waals surface area contributed by atoms with Crippen molar-refractivity contribution in [3.63, 3.8) is 0 Å². The molecule has 0 aliphatic carbocycles. The number of ether oxygens (including phenoxy) is 1. The van der Waals surface area contributed by atoms with Gasteiger partial charge in [-0.1, -0.05) is 30.3 Å². The number of methoxy groups -OCH3 is 1. The van der Waals surface area contributed by atoms with Crippen LogP contribution >= 0.6 is 11.3 Å². The summed E-state index contributed by atoms with van der Waals surface area (Å²) in [6.45, 7) is 0. The number of fused-ring (bicyclic) bond motifs is 1. The lowest BCUT2D eigenvalue weighted by atomic mass is 10.2. The minimum absolute atomic E-state index is 0.215. The molecule has 1 amide bonds. The molecule has 0 unspecified atom stereocenters. The van der Waals surface area contributed by atoms with E-state index >= 15 is 0 Å². The molecule has 0 saturated heterocycles. The highest BCUT2D eigenvalue weighted by Gasteiger charge is 2.08. The second-order valence-corrected chi connectivity index (χ2v) is 5.67. The van der Waals surface area contributed by atoms with Gasteiger partial charge >= 0.3 is 0 Å². The van der Waals surface area contributed by atoms with E-state index in [2.05, 4.69) is 10.5 Å². The highest BCUT2D eigenvalue weighted by Crippen LogP contribution is 2.25. The topological polar surface area (TPSA) is 50.7 Å². The van der Waals surface area contributed by atoms with E-state index in [0.717, 1.165) is 15.6 Å². The quantitative estimate of drug-likeness (QED) is 0.590. The van der Waals surface area contributed by atoms with Gasteiger partial charge in [-0.2, -0.15) is 5.10 Å². The minimum atomic E-state index is -0.215. The summed E-state index contributed by atoms with van der Waals surface area (Å²) in [6.07, 6.45) is 1.57. The van der Waals surface area contributed by atoms with Gasteiger partial charge in [-0.15, -0.1) is 11.3 Å². The summed E-state index contributed by atoms with van der Waals surface area (Å²) < 4.78 is 6.31. The number of carbonyl (C=O) groups excluding carboxylic acids is 1. The van der Waals surface area contributed by atoms with Crippen LogP contribution < -0.4 is 10.2 Å². The van der Waals surface area contributed by atoms with Crippen molar-refractivity contribution < 1.29 is 9.53 Å². The zero-order valence-corrected chi connectivity index (χ0v) is 12.8. The van der Waals surface area contributed by atoms with Gasteiger partial charge in [0.2, 0.25) is 0 Å². The summed E-state index contributed by atoms with van der Waals surface area (Å²) in [4.78, 5) is 12.8. The Bertz CT molecular complexity index is 806. The molecule has 0 atom stereocenters. The zero-order valence-electron chi connectivity index (χ0n) is 11.9. The van der Waals surface area contributed by atoms with E-state index in [1.807, 2.05) is 54.6 Å². The highest BCUT2D eigenvalue weighted by molar-refractivity contribution is 7.20. The number of thiophene rings is 1. The third kappa shape index (κ3) is 2.99. The van der Waals surface area contributed by atoms with Crippen molar-refractivity contribution in [1.82, 2.24) is 5.43 Å². The summed E-state index contributed by atoms with van der Waals surface area (Å²) in [7, 11) is 1.60. The van der Waals surface area contributed by atoms with Crippen LogP contribution in [-0.2, 0) is 0 Å². The number of nitrogens with one attached hydrogen (secondary N) is 1. The van der Waals surface area contributed by atoms with Crippen molar-refractivity contribution in [2.75, 3.05) is 7.11 Å². The number of hydrogen-bond acceptors (Lipinski definition) is 4. The first-order valence-electron chi connectivity index (χ1n) is 6.73. The minimum Gasteiger partial charge on any atom is -0.496 e. The molecule has 0 saturated carbocycles. The number of hydrazone groups is 1. The first-order chi connectivity index (χ1) is 10.8. The Kier molecular flexibility index (Phi) is 4.16. The van der Waals surface area contributed by atoms with Crippen LogP contribution in [0.25, 0.3) is 10.1 Å². The Labute approximate surface area is 132 Å². The van der Waals surface area contributed by atoms with E-state index in [1.165, 1.54) is 11.3 Å². The number of nitrogens with zero attached hydrogens (tertiary/aromatic N) is 1. The molecule has 110 valence electrons. The van der Waals surface area contributed by atoms with Crippen molar-refractivity contribution in [2.45, 2.75) is 0 Å². The predicted octanol–water partition coefficient (Wildman–Crippen LogP) is 3.67. The lowest BCUT2D eigenvalue weighted by Gasteiger charge is -2.02. The maximum atomic E-state index is 12.1. The summed E-state index contributed by atoms with van der Waals surface area (Å²) in [5.74, 6) is 0.495. The number of hydrogen-bond donors (Lipinski definition) is 1. The van der Waals surface area contributed by atoms with E-state index in [1.54, 1.807) is 13.3 Å². The summed E-state index contributed by atoms with van der Waals surface area (Å²) >= 11 is 1.45. The van der Waals surface area contributed by atoms with Crippen LogP contribution in [0, 0.1) is 0 Å². The standard InChI is InChI=1S/C17H14N2O2S/c1-21-14-8-4-2-7-13(14)11-18-19-17(20)16-10-12-6-3-5-9-15(12)22-16/h2-11H,1H3,(H,19,20). The molecular formula is C17H14N2O2S. The fourth-order valence-corrected chi connectivity index (χ4v) is 3.03. The van der Waals surface area contributed by atoms with E-state index in [-0.39, 0.29) is 5.91 Å². The second-order valence-electron chi connectivity index (χ2n) is 4.59. The molecule has 22 heavy (non-hydrogen) atoms. The molecule has 1 heterocycles. The van der Waals surface area contributed by atoms with Crippen LogP contribution in [0.4, 0.5) is 0 Å². The Morgan fingerprint density at radius 1 is 1.18 bits per heavy atom. The van der Waals surface area contributed by atoms with Gasteiger partial charge < -0.3 is 4.74 Å². The van der Waals surface area contributed by atoms with Gasteiger partial charge in [0.1, 0.15) is 5.75 Å². The average Bonchev–Trinajstić information content (AvgIpc) is 2.99. The maximum Gasteiger partial charge on any atom is 0.281 e. The molecule has 2 aromatic carbocycles. The molecule has 0 radical (unpaired) electrons. The van der Waals surface area contributed by atoms with Crippen molar-refractivity contribution >= 4 is 33.5 Å². The molecule has 0 aliphatic rings. The summed E-state index contributed by atoms with van der Waals surface area (Å²) in [6, 6.07) is 17.2. The Morgan fingerprint density at radius 3 is 2.77 bits per heavy atom. The molecule has 0 spiro atoms. The fraction of sp³-hybridized carbons (Fsp3) is 0.0588. The van der Waals surface area contributed by atoms with Gasteiger partial charge in [0, 0.05) is 10.3 Å². The number of amides is 1. The van der Waals surface area contributed by atoms with E-state index in [4.69, 9.17) is 4.74 Å². The Balaban J connectivity index is 1.73. The van der Waals surface area contributed by atoms with Crippen LogP contribution in [0.15, 0.2) is 59.7 Å². The van der Waals surface area contributed by atoms with Gasteiger partial charge in [-0.05, 0) is 29.7 Å². The van der Waals surface area contributed by atoms with Crippen molar-refractivity contribution in [3.8, 4) is 5.75 Å². The SMILES string of the molecule is COc1ccccc1C=NNC(=O)c1cc2ccccc2s1. The number of benzene rings is 2. The van der Waals surface area contributed by atoms with Crippen LogP contribution in [0.1, 0.15) is 15.2 Å². The molecule has 4 nitrogen and oxygen atoms in total. The van der Waals surface area contributed by atoms with Crippen molar-refractivity contribution in [2.24, 2.45) is 5.10 Å². The third-order valence-electron chi connectivity index (χ3n) is 3.16. The van der Waals surface area contributed by atoms with E-state index < -0.39 is 0 Å². The molecule has 0 aliphatic heterocycles. The zero-order chi connectivity index (χ0) is 15.4. The molecule has 3 rings (SSSR count). The van der Waals surface area contributed by atoms with Gasteiger partial charge in [0.05, 0.1) is 18.2 Å². The molecule has 0 bridgehead atoms. The Morgan fingerprint density at radius 2 is 1.95 bits per heavy atom. The lowest BCUT2D eigenvalue weighted by Crippen LogP contribution is -2.16. The largest absolute Gasteiger partial charge is 0.496 e. The first kappa shape index (κ1) is 14.3. The average molecular weight is 310 g/mol. The molecule has 1 N–H and O–H groups in total. The number of rotatable bonds is 4. The summed E-state index contributed by atoms with van der Waals surface area (Å²) in [5, 5.41) is 5.06. The normalized spacial score (nSPS) is 11.0. The highest BCUT2D eigenvalue weighted by atomic mass is 32.1. The van der Waals surface area contributed by atoms with Crippen molar-refractivity contribution in [3.05, 3.63) is 65.0 Å². The number of para-hydroxylation sites is 1. The second kappa shape index (κ2) is 6.41. The number of carbonyl (C=O) groups is 1. The van der Waals surface area contributed by atoms with Gasteiger partial charge in [-0.25, -0.2) is 5.43 Å². The molecular weight excluding hydrogens is 296 g/mol. The van der Waals surface area contributed by atoms with Crippen LogP contribution in [0.3, 0.4) is 0 Å². The van der Waals surface area contributed by atoms with Crippen molar-refractivity contribution in [1.29, 1.82) is 0 Å². The van der Waals surface area contributed by atoms with E-state index in [9.17, 15) is 4.79 Å². The molecule has 3 aromatic rings. The Hall–Kier alpha value is -2.66. The molecule has 1 aromatic heterocycles. The fourth-order valence-electron chi connectivity index (χ4n) is 2.08. The van der Waals surface area contributed by atoms with Gasteiger partial charge in [0.25, 0.3) is 5.91 Å². The third-order valence-corrected chi connectivity index (χ3v) is 4.27. The van der Waals surface area contributed by atoms with Gasteiger partial charge in [0.15, 0.2) is 0 Å². The first-order valence-corrected chi connectivity index (χ1v) is 7.54. The van der Waals surface area contributed by atoms with Crippen LogP contribution in [-0.4, -0.2) is 19.2 Å². The molecule has 0 fully saturated rings. The maximum absolute atomic E-state index is 12.1. The smallest absolute Gasteiger partial charge is 0.281 e. The van der Waals surface area contributed by atoms with Crippen LogP contribution in [0.5, 0.6) is 5.75 Å².